The highest BCUT2D eigenvalue weighted by Gasteiger charge is 2.34. The summed E-state index contributed by atoms with van der Waals surface area (Å²) in [7, 11) is 3.88. The summed E-state index contributed by atoms with van der Waals surface area (Å²) in [5.41, 5.74) is 5.09. The predicted molar refractivity (Wildman–Crippen MR) is 169 cm³/mol. The summed E-state index contributed by atoms with van der Waals surface area (Å²) in [6.45, 7) is 6.53. The molecule has 5 rings (SSSR count). The number of likely N-dealkylation sites (tertiary alicyclic amines) is 1. The molecule has 1 amide bonds. The maximum atomic E-state index is 12.5. The molecule has 1 aromatic heterocycles. The number of nitrogens with one attached hydrogen (secondary N) is 2. The molecule has 8 nitrogen and oxygen atoms in total. The molecule has 2 aliphatic heterocycles. The van der Waals surface area contributed by atoms with Crippen molar-refractivity contribution in [1.29, 1.82) is 0 Å². The zero-order valence-corrected chi connectivity index (χ0v) is 25.0. The molecule has 1 saturated heterocycles. The number of rotatable bonds is 5. The van der Waals surface area contributed by atoms with Crippen LogP contribution in [0.1, 0.15) is 38.7 Å². The van der Waals surface area contributed by atoms with Crippen LogP contribution in [0.15, 0.2) is 68.9 Å². The molecule has 214 valence electrons. The summed E-state index contributed by atoms with van der Waals surface area (Å²) >= 11 is 6.90. The Hall–Kier alpha value is -3.67. The molecule has 1 fully saturated rings. The van der Waals surface area contributed by atoms with Gasteiger partial charge in [0.25, 0.3) is 5.91 Å². The van der Waals surface area contributed by atoms with Crippen LogP contribution in [0.2, 0.25) is 0 Å². The fraction of sp³-hybridized carbons (Fsp3) is 0.438. The van der Waals surface area contributed by atoms with Gasteiger partial charge in [0.1, 0.15) is 4.87 Å². The normalized spacial score (nSPS) is 24.9. The molecule has 3 aliphatic rings. The number of aromatic amines is 1. The Balaban J connectivity index is 1.24. The number of carbonyl (C=O) groups excluding carboxylic acids is 1. The number of hydrogen-bond donors (Lipinski definition) is 2. The number of halogens is 1. The van der Waals surface area contributed by atoms with E-state index in [9.17, 15) is 4.79 Å². The number of carbonyl (C=O) groups is 1. The first-order valence-corrected chi connectivity index (χ1v) is 14.6. The number of allylic oxidation sites excluding steroid dienone is 4. The molecule has 1 aromatic carbocycles. The van der Waals surface area contributed by atoms with Crippen molar-refractivity contribution < 1.29 is 4.79 Å². The number of nitrogens with zero attached hydrogens (tertiary/aromatic N) is 5. The summed E-state index contributed by atoms with van der Waals surface area (Å²) in [5.74, 6) is 6.42. The average Bonchev–Trinajstić information content (AvgIpc) is 3.38. The van der Waals surface area contributed by atoms with Crippen molar-refractivity contribution >= 4 is 46.3 Å². The Labute approximate surface area is 247 Å². The first-order valence-electron chi connectivity index (χ1n) is 14.2. The third-order valence-corrected chi connectivity index (χ3v) is 7.91. The van der Waals surface area contributed by atoms with E-state index in [0.29, 0.717) is 25.6 Å². The van der Waals surface area contributed by atoms with Crippen molar-refractivity contribution in [2.75, 3.05) is 40.3 Å². The van der Waals surface area contributed by atoms with Crippen LogP contribution >= 0.6 is 11.6 Å². The average molecular weight is 572 g/mol. The number of fused-ring (bicyclic) bond motifs is 1. The number of alkyl halides is 1. The SMILES string of the molecule is CC1CC(C=N[C@@H]2CCCN(C(=O)C#CCN(C)C)C2)=CC=C1NC1=NCC(C)(Cl)C(c2c[nH]c3ccccc23)=N1. The van der Waals surface area contributed by atoms with E-state index in [1.165, 1.54) is 5.57 Å². The Morgan fingerprint density at radius 1 is 1.34 bits per heavy atom. The fourth-order valence-electron chi connectivity index (χ4n) is 5.33. The highest BCUT2D eigenvalue weighted by Crippen LogP contribution is 2.30. The minimum absolute atomic E-state index is 0.0989. The molecule has 3 heterocycles. The molecule has 0 bridgehead atoms. The molecule has 3 atom stereocenters. The van der Waals surface area contributed by atoms with Gasteiger partial charge < -0.3 is 15.2 Å². The largest absolute Gasteiger partial charge is 0.360 e. The minimum atomic E-state index is -0.690. The maximum Gasteiger partial charge on any atom is 0.298 e. The van der Waals surface area contributed by atoms with Crippen molar-refractivity contribution in [2.24, 2.45) is 20.9 Å². The van der Waals surface area contributed by atoms with Gasteiger partial charge in [0.05, 0.1) is 24.8 Å². The first-order chi connectivity index (χ1) is 19.7. The van der Waals surface area contributed by atoms with Gasteiger partial charge in [-0.15, -0.1) is 11.6 Å². The van der Waals surface area contributed by atoms with Gasteiger partial charge in [-0.25, -0.2) is 9.98 Å². The van der Waals surface area contributed by atoms with E-state index in [0.717, 1.165) is 53.7 Å². The van der Waals surface area contributed by atoms with E-state index in [2.05, 4.69) is 58.3 Å². The molecular formula is C32H38ClN7O. The van der Waals surface area contributed by atoms with Crippen LogP contribution < -0.4 is 5.32 Å². The molecule has 2 aromatic rings. The second-order valence-electron chi connectivity index (χ2n) is 11.5. The lowest BCUT2D eigenvalue weighted by Crippen LogP contribution is -2.41. The zero-order valence-electron chi connectivity index (χ0n) is 24.2. The number of aromatic nitrogens is 1. The van der Waals surface area contributed by atoms with Gasteiger partial charge in [-0.1, -0.05) is 37.1 Å². The lowest BCUT2D eigenvalue weighted by Gasteiger charge is -2.29. The van der Waals surface area contributed by atoms with E-state index >= 15 is 0 Å². The summed E-state index contributed by atoms with van der Waals surface area (Å²) in [4.78, 5) is 33.3. The number of guanidine groups is 1. The maximum absolute atomic E-state index is 12.5. The van der Waals surface area contributed by atoms with Gasteiger partial charge in [0, 0.05) is 53.6 Å². The van der Waals surface area contributed by atoms with Crippen LogP contribution in [0.3, 0.4) is 0 Å². The van der Waals surface area contributed by atoms with Crippen molar-refractivity contribution in [3.63, 3.8) is 0 Å². The standard InChI is InChI=1S/C32H38ClN7O/c1-22-17-23(18-34-24-9-7-16-40(20-24)29(41)12-8-15-39(3)4)13-14-27(22)37-31-36-21-32(2,33)30(38-31)26-19-35-28-11-6-5-10-25(26)28/h5-6,10-11,13-14,18-19,22,24,35H,7,9,15-17,20-21H2,1-4H3,(H,36,37)/t22?,24-,32?/m1/s1. The van der Waals surface area contributed by atoms with E-state index in [1.54, 1.807) is 0 Å². The van der Waals surface area contributed by atoms with Crippen molar-refractivity contribution in [1.82, 2.24) is 20.1 Å². The number of H-pyrrole nitrogens is 1. The second kappa shape index (κ2) is 12.5. The fourth-order valence-corrected chi connectivity index (χ4v) is 5.53. The molecule has 2 unspecified atom stereocenters. The van der Waals surface area contributed by atoms with Crippen LogP contribution in [0.4, 0.5) is 0 Å². The topological polar surface area (TPSA) is 88.5 Å². The van der Waals surface area contributed by atoms with Crippen molar-refractivity contribution in [3.05, 3.63) is 59.4 Å². The van der Waals surface area contributed by atoms with E-state index < -0.39 is 4.87 Å². The third kappa shape index (κ3) is 6.98. The molecule has 0 saturated carbocycles. The predicted octanol–water partition coefficient (Wildman–Crippen LogP) is 4.39. The Morgan fingerprint density at radius 3 is 2.98 bits per heavy atom. The van der Waals surface area contributed by atoms with Crippen molar-refractivity contribution in [3.8, 4) is 11.8 Å². The molecule has 1 aliphatic carbocycles. The van der Waals surface area contributed by atoms with Crippen molar-refractivity contribution in [2.45, 2.75) is 44.0 Å². The number of para-hydroxylation sites is 1. The summed E-state index contributed by atoms with van der Waals surface area (Å²) in [6, 6.07) is 8.27. The van der Waals surface area contributed by atoms with Crippen LogP contribution in [0, 0.1) is 17.8 Å². The Kier molecular flexibility index (Phi) is 8.77. The number of hydrogen-bond acceptors (Lipinski definition) is 6. The number of benzene rings is 1. The van der Waals surface area contributed by atoms with E-state index in [-0.39, 0.29) is 17.9 Å². The van der Waals surface area contributed by atoms with Gasteiger partial charge in [0.2, 0.25) is 5.96 Å². The molecule has 9 heteroatoms. The van der Waals surface area contributed by atoms with Gasteiger partial charge in [-0.05, 0) is 63.9 Å². The quantitative estimate of drug-likeness (QED) is 0.317. The van der Waals surface area contributed by atoms with Gasteiger partial charge in [0.15, 0.2) is 0 Å². The highest BCUT2D eigenvalue weighted by molar-refractivity contribution is 6.41. The molecule has 0 radical (unpaired) electrons. The highest BCUT2D eigenvalue weighted by atomic mass is 35.5. The summed E-state index contributed by atoms with van der Waals surface area (Å²) < 4.78 is 0. The monoisotopic (exact) mass is 571 g/mol. The van der Waals surface area contributed by atoms with Crippen LogP contribution in [-0.4, -0.2) is 89.8 Å². The second-order valence-corrected chi connectivity index (χ2v) is 12.3. The van der Waals surface area contributed by atoms with E-state index in [4.69, 9.17) is 21.6 Å². The smallest absolute Gasteiger partial charge is 0.298 e. The first kappa shape index (κ1) is 28.8. The van der Waals surface area contributed by atoms with Gasteiger partial charge in [-0.2, -0.15) is 0 Å². The zero-order chi connectivity index (χ0) is 29.0. The Bertz CT molecular complexity index is 1510. The molecule has 2 N–H and O–H groups in total. The van der Waals surface area contributed by atoms with Gasteiger partial charge in [-0.3, -0.25) is 14.7 Å². The van der Waals surface area contributed by atoms with Crippen LogP contribution in [-0.2, 0) is 4.79 Å². The number of aliphatic imine (C=N–C) groups is 3. The molecule has 0 spiro atoms. The summed E-state index contributed by atoms with van der Waals surface area (Å²) in [6.07, 6.45) is 10.9. The van der Waals surface area contributed by atoms with Crippen LogP contribution in [0.25, 0.3) is 10.9 Å². The third-order valence-electron chi connectivity index (χ3n) is 7.61. The number of piperidine rings is 1. The number of amides is 1. The Morgan fingerprint density at radius 2 is 2.17 bits per heavy atom. The van der Waals surface area contributed by atoms with Gasteiger partial charge >= 0.3 is 0 Å². The molecular weight excluding hydrogens is 534 g/mol. The summed E-state index contributed by atoms with van der Waals surface area (Å²) in [5, 5.41) is 4.56. The van der Waals surface area contributed by atoms with E-state index in [1.807, 2.05) is 55.4 Å². The lowest BCUT2D eigenvalue weighted by molar-refractivity contribution is -0.126. The molecule has 41 heavy (non-hydrogen) atoms. The minimum Gasteiger partial charge on any atom is -0.360 e. The lowest BCUT2D eigenvalue weighted by atomic mass is 9.93. The van der Waals surface area contributed by atoms with Crippen LogP contribution in [0.5, 0.6) is 0 Å².